The fraction of sp³-hybridized carbons (Fsp3) is 0.421. The number of aromatic nitrogens is 3. The first-order valence-electron chi connectivity index (χ1n) is 9.33. The Kier molecular flexibility index (Phi) is 6.72. The maximum absolute atomic E-state index is 12.5. The average Bonchev–Trinajstić information content (AvgIpc) is 2.74. The lowest BCUT2D eigenvalue weighted by Crippen LogP contribution is -2.46. The van der Waals surface area contributed by atoms with E-state index in [1.54, 1.807) is 30.3 Å². The number of amides is 2. The van der Waals surface area contributed by atoms with Gasteiger partial charge in [-0.3, -0.25) is 9.78 Å². The van der Waals surface area contributed by atoms with E-state index < -0.39 is 0 Å². The molecule has 0 saturated carbocycles. The number of anilines is 1. The molecule has 9 nitrogen and oxygen atoms in total. The molecule has 0 atom stereocenters. The Balaban J connectivity index is 1.50. The summed E-state index contributed by atoms with van der Waals surface area (Å²) in [5.74, 6) is 0.322. The summed E-state index contributed by atoms with van der Waals surface area (Å²) in [6.07, 6.45) is 5.92. The Bertz CT molecular complexity index is 793. The Labute approximate surface area is 163 Å². The minimum atomic E-state index is -0.299. The van der Waals surface area contributed by atoms with Gasteiger partial charge in [-0.1, -0.05) is 6.07 Å². The molecule has 0 spiro atoms. The van der Waals surface area contributed by atoms with Crippen molar-refractivity contribution < 1.29 is 14.3 Å². The van der Waals surface area contributed by atoms with Gasteiger partial charge < -0.3 is 20.3 Å². The summed E-state index contributed by atoms with van der Waals surface area (Å²) in [5, 5.41) is 6.14. The number of carbonyl (C=O) groups excluding carboxylic acids is 2. The molecule has 9 heteroatoms. The molecule has 1 fully saturated rings. The molecule has 1 saturated heterocycles. The van der Waals surface area contributed by atoms with Crippen LogP contribution < -0.4 is 10.6 Å². The van der Waals surface area contributed by atoms with Gasteiger partial charge in [-0.25, -0.2) is 14.8 Å². The van der Waals surface area contributed by atoms with Gasteiger partial charge in [-0.05, 0) is 31.4 Å². The van der Waals surface area contributed by atoms with Crippen molar-refractivity contribution in [3.05, 3.63) is 48.2 Å². The van der Waals surface area contributed by atoms with E-state index in [0.717, 1.165) is 5.56 Å². The normalized spacial score (nSPS) is 14.4. The highest BCUT2D eigenvalue weighted by Gasteiger charge is 2.25. The van der Waals surface area contributed by atoms with E-state index in [4.69, 9.17) is 4.74 Å². The summed E-state index contributed by atoms with van der Waals surface area (Å²) in [6, 6.07) is 5.44. The highest BCUT2D eigenvalue weighted by molar-refractivity contribution is 5.93. The van der Waals surface area contributed by atoms with Crippen LogP contribution in [0.1, 0.15) is 35.8 Å². The first-order chi connectivity index (χ1) is 13.7. The average molecular weight is 384 g/mol. The van der Waals surface area contributed by atoms with Crippen molar-refractivity contribution in [2.45, 2.75) is 32.4 Å². The van der Waals surface area contributed by atoms with Crippen molar-refractivity contribution >= 4 is 17.8 Å². The summed E-state index contributed by atoms with van der Waals surface area (Å²) in [7, 11) is 0. The predicted octanol–water partition coefficient (Wildman–Crippen LogP) is 1.83. The number of hydrogen-bond acceptors (Lipinski definition) is 7. The number of carbonyl (C=O) groups is 2. The van der Waals surface area contributed by atoms with E-state index in [-0.39, 0.29) is 18.0 Å². The van der Waals surface area contributed by atoms with Gasteiger partial charge in [0.05, 0.1) is 6.61 Å². The van der Waals surface area contributed by atoms with Gasteiger partial charge >= 0.3 is 6.09 Å². The number of hydrogen-bond donors (Lipinski definition) is 2. The van der Waals surface area contributed by atoms with Gasteiger partial charge in [0.2, 0.25) is 0 Å². The molecule has 2 aromatic rings. The van der Waals surface area contributed by atoms with Crippen molar-refractivity contribution in [2.24, 2.45) is 0 Å². The molecule has 2 amide bonds. The third-order valence-electron chi connectivity index (χ3n) is 4.45. The van der Waals surface area contributed by atoms with E-state index in [0.29, 0.717) is 50.6 Å². The summed E-state index contributed by atoms with van der Waals surface area (Å²) >= 11 is 0. The molecule has 148 valence electrons. The molecular formula is C19H24N6O3. The van der Waals surface area contributed by atoms with E-state index >= 15 is 0 Å². The molecule has 2 N–H and O–H groups in total. The topological polar surface area (TPSA) is 109 Å². The third-order valence-corrected chi connectivity index (χ3v) is 4.45. The molecule has 3 rings (SSSR count). The lowest BCUT2D eigenvalue weighted by molar-refractivity contribution is 0.0856. The first-order valence-corrected chi connectivity index (χ1v) is 9.33. The summed E-state index contributed by atoms with van der Waals surface area (Å²) in [6.45, 7) is 3.82. The molecule has 3 heterocycles. The van der Waals surface area contributed by atoms with Crippen LogP contribution in [0, 0.1) is 0 Å². The molecule has 0 bridgehead atoms. The quantitative estimate of drug-likeness (QED) is 0.782. The Morgan fingerprint density at radius 3 is 2.82 bits per heavy atom. The van der Waals surface area contributed by atoms with Crippen LogP contribution in [0.15, 0.2) is 36.9 Å². The van der Waals surface area contributed by atoms with Crippen LogP contribution in [0.4, 0.5) is 10.6 Å². The SMILES string of the molecule is CCOC(=O)N1CCC(NC(=O)c2cc(NCc3cccnc3)ncn2)CC1. The van der Waals surface area contributed by atoms with Crippen molar-refractivity contribution in [3.8, 4) is 0 Å². The Morgan fingerprint density at radius 2 is 2.11 bits per heavy atom. The Morgan fingerprint density at radius 1 is 1.29 bits per heavy atom. The van der Waals surface area contributed by atoms with Crippen molar-refractivity contribution in [2.75, 3.05) is 25.0 Å². The minimum absolute atomic E-state index is 0.0000517. The van der Waals surface area contributed by atoms with Crippen molar-refractivity contribution in [3.63, 3.8) is 0 Å². The predicted molar refractivity (Wildman–Crippen MR) is 103 cm³/mol. The van der Waals surface area contributed by atoms with E-state index in [2.05, 4.69) is 25.6 Å². The van der Waals surface area contributed by atoms with Crippen molar-refractivity contribution in [1.29, 1.82) is 0 Å². The molecular weight excluding hydrogens is 360 g/mol. The second kappa shape index (κ2) is 9.63. The number of rotatable bonds is 6. The molecule has 1 aliphatic heterocycles. The fourth-order valence-corrected chi connectivity index (χ4v) is 2.95. The zero-order valence-electron chi connectivity index (χ0n) is 15.8. The molecule has 0 aliphatic carbocycles. The lowest BCUT2D eigenvalue weighted by atomic mass is 10.1. The number of nitrogens with zero attached hydrogens (tertiary/aromatic N) is 4. The highest BCUT2D eigenvalue weighted by Crippen LogP contribution is 2.13. The standard InChI is InChI=1S/C19H24N6O3/c1-2-28-19(27)25-8-5-15(6-9-25)24-18(26)16-10-17(23-13-22-16)21-12-14-4-3-7-20-11-14/h3-4,7,10-11,13,15H,2,5-6,8-9,12H2,1H3,(H,24,26)(H,21,22,23). The zero-order chi connectivity index (χ0) is 19.8. The summed E-state index contributed by atoms with van der Waals surface area (Å²) < 4.78 is 5.01. The van der Waals surface area contributed by atoms with Crippen LogP contribution in [0.2, 0.25) is 0 Å². The molecule has 0 aromatic carbocycles. The van der Waals surface area contributed by atoms with E-state index in [1.807, 2.05) is 12.1 Å². The van der Waals surface area contributed by atoms with Gasteiger partial charge in [-0.15, -0.1) is 0 Å². The largest absolute Gasteiger partial charge is 0.450 e. The van der Waals surface area contributed by atoms with Gasteiger partial charge in [0, 0.05) is 44.1 Å². The second-order valence-corrected chi connectivity index (χ2v) is 6.44. The molecule has 28 heavy (non-hydrogen) atoms. The molecule has 1 aliphatic rings. The van der Waals surface area contributed by atoms with Crippen LogP contribution in [-0.4, -0.2) is 57.6 Å². The molecule has 2 aromatic heterocycles. The van der Waals surface area contributed by atoms with Crippen LogP contribution in [0.25, 0.3) is 0 Å². The van der Waals surface area contributed by atoms with Crippen LogP contribution >= 0.6 is 0 Å². The fourth-order valence-electron chi connectivity index (χ4n) is 2.95. The molecule has 0 unspecified atom stereocenters. The van der Waals surface area contributed by atoms with Crippen molar-refractivity contribution in [1.82, 2.24) is 25.2 Å². The highest BCUT2D eigenvalue weighted by atomic mass is 16.6. The smallest absolute Gasteiger partial charge is 0.409 e. The van der Waals surface area contributed by atoms with Gasteiger partial charge in [0.25, 0.3) is 5.91 Å². The number of piperidine rings is 1. The Hall–Kier alpha value is -3.23. The van der Waals surface area contributed by atoms with Gasteiger partial charge in [0.1, 0.15) is 17.8 Å². The van der Waals surface area contributed by atoms with Crippen LogP contribution in [0.5, 0.6) is 0 Å². The minimum Gasteiger partial charge on any atom is -0.450 e. The zero-order valence-corrected chi connectivity index (χ0v) is 15.8. The number of nitrogens with one attached hydrogen (secondary N) is 2. The number of likely N-dealkylation sites (tertiary alicyclic amines) is 1. The van der Waals surface area contributed by atoms with Gasteiger partial charge in [-0.2, -0.15) is 0 Å². The maximum Gasteiger partial charge on any atom is 0.409 e. The monoisotopic (exact) mass is 384 g/mol. The number of pyridine rings is 1. The van der Waals surface area contributed by atoms with E-state index in [9.17, 15) is 9.59 Å². The van der Waals surface area contributed by atoms with Crippen LogP contribution in [0.3, 0.4) is 0 Å². The third kappa shape index (κ3) is 5.38. The van der Waals surface area contributed by atoms with E-state index in [1.165, 1.54) is 6.33 Å². The lowest BCUT2D eigenvalue weighted by Gasteiger charge is -2.31. The van der Waals surface area contributed by atoms with Gasteiger partial charge in [0.15, 0.2) is 0 Å². The maximum atomic E-state index is 12.5. The molecule has 0 radical (unpaired) electrons. The second-order valence-electron chi connectivity index (χ2n) is 6.44. The summed E-state index contributed by atoms with van der Waals surface area (Å²) in [4.78, 5) is 38.2. The number of ether oxygens (including phenoxy) is 1. The van der Waals surface area contributed by atoms with Crippen LogP contribution in [-0.2, 0) is 11.3 Å². The summed E-state index contributed by atoms with van der Waals surface area (Å²) in [5.41, 5.74) is 1.32. The first kappa shape index (κ1) is 19.5.